The van der Waals surface area contributed by atoms with E-state index in [9.17, 15) is 4.79 Å². The molecule has 1 amide bonds. The van der Waals surface area contributed by atoms with Gasteiger partial charge in [-0.25, -0.2) is 14.8 Å². The molecule has 2 unspecified atom stereocenters. The molecule has 2 heterocycles. The minimum atomic E-state index is -0.276. The fraction of sp³-hybridized carbons (Fsp3) is 0.421. The highest BCUT2D eigenvalue weighted by molar-refractivity contribution is 5.69. The molecular formula is C19H23N3O3. The zero-order valence-corrected chi connectivity index (χ0v) is 14.3. The number of amides is 1. The second-order valence-corrected chi connectivity index (χ2v) is 6.28. The van der Waals surface area contributed by atoms with Crippen LogP contribution in [-0.4, -0.2) is 45.3 Å². The molecule has 2 atom stereocenters. The number of hydrogen-bond donors (Lipinski definition) is 1. The van der Waals surface area contributed by atoms with Gasteiger partial charge in [0.25, 0.3) is 0 Å². The summed E-state index contributed by atoms with van der Waals surface area (Å²) in [5, 5.41) is 8.90. The van der Waals surface area contributed by atoms with Crippen LogP contribution in [-0.2, 0) is 4.74 Å². The summed E-state index contributed by atoms with van der Waals surface area (Å²) in [6, 6.07) is 8.04. The van der Waals surface area contributed by atoms with Gasteiger partial charge in [-0.05, 0) is 30.9 Å². The number of aromatic nitrogens is 2. The van der Waals surface area contributed by atoms with Crippen LogP contribution in [0.15, 0.2) is 43.0 Å². The van der Waals surface area contributed by atoms with Crippen LogP contribution < -0.4 is 0 Å². The predicted octanol–water partition coefficient (Wildman–Crippen LogP) is 3.19. The lowest BCUT2D eigenvalue weighted by atomic mass is 10.0. The lowest BCUT2D eigenvalue weighted by Gasteiger charge is -2.35. The maximum absolute atomic E-state index is 12.3. The van der Waals surface area contributed by atoms with Gasteiger partial charge in [-0.3, -0.25) is 0 Å². The summed E-state index contributed by atoms with van der Waals surface area (Å²) in [7, 11) is 0. The van der Waals surface area contributed by atoms with Gasteiger partial charge in [-0.15, -0.1) is 0 Å². The van der Waals surface area contributed by atoms with E-state index in [0.29, 0.717) is 13.0 Å². The standard InChI is InChI=1S/C19H23N3O3/c1-14(22-9-8-18(3-2-10-23)25-19(22)24)15-4-6-16(7-5-15)17-11-20-13-21-12-17/h4-7,11-14,18,23H,2-3,8-10H2,1H3. The van der Waals surface area contributed by atoms with Crippen LogP contribution >= 0.6 is 0 Å². The van der Waals surface area contributed by atoms with E-state index in [1.54, 1.807) is 17.3 Å². The molecule has 1 saturated heterocycles. The van der Waals surface area contributed by atoms with Crippen molar-refractivity contribution in [2.75, 3.05) is 13.2 Å². The molecule has 1 N–H and O–H groups in total. The van der Waals surface area contributed by atoms with Crippen LogP contribution in [0.2, 0.25) is 0 Å². The van der Waals surface area contributed by atoms with Crippen LogP contribution in [0.3, 0.4) is 0 Å². The number of ether oxygens (including phenoxy) is 1. The highest BCUT2D eigenvalue weighted by Crippen LogP contribution is 2.28. The van der Waals surface area contributed by atoms with E-state index < -0.39 is 0 Å². The number of aliphatic hydroxyl groups excluding tert-OH is 1. The maximum Gasteiger partial charge on any atom is 0.410 e. The van der Waals surface area contributed by atoms with Gasteiger partial charge in [0.1, 0.15) is 12.4 Å². The largest absolute Gasteiger partial charge is 0.446 e. The zero-order valence-electron chi connectivity index (χ0n) is 14.3. The predicted molar refractivity (Wildman–Crippen MR) is 93.8 cm³/mol. The zero-order chi connectivity index (χ0) is 17.6. The average Bonchev–Trinajstić information content (AvgIpc) is 2.67. The topological polar surface area (TPSA) is 75.6 Å². The van der Waals surface area contributed by atoms with Crippen molar-refractivity contribution in [2.45, 2.75) is 38.3 Å². The minimum absolute atomic E-state index is 0.0487. The molecule has 3 rings (SSSR count). The lowest BCUT2D eigenvalue weighted by molar-refractivity contribution is 0.00760. The van der Waals surface area contributed by atoms with Crippen molar-refractivity contribution in [3.8, 4) is 11.1 Å². The third kappa shape index (κ3) is 4.14. The first kappa shape index (κ1) is 17.4. The Bertz CT molecular complexity index is 691. The summed E-state index contributed by atoms with van der Waals surface area (Å²) in [4.78, 5) is 22.1. The van der Waals surface area contributed by atoms with Gasteiger partial charge < -0.3 is 14.7 Å². The van der Waals surface area contributed by atoms with Crippen molar-refractivity contribution in [2.24, 2.45) is 0 Å². The molecular weight excluding hydrogens is 318 g/mol. The van der Waals surface area contributed by atoms with Crippen molar-refractivity contribution in [1.29, 1.82) is 0 Å². The Hall–Kier alpha value is -2.47. The molecule has 1 aliphatic rings. The monoisotopic (exact) mass is 341 g/mol. The minimum Gasteiger partial charge on any atom is -0.446 e. The molecule has 1 aliphatic heterocycles. The molecule has 0 bridgehead atoms. The molecule has 2 aromatic rings. The quantitative estimate of drug-likeness (QED) is 0.873. The second-order valence-electron chi connectivity index (χ2n) is 6.28. The van der Waals surface area contributed by atoms with E-state index in [0.717, 1.165) is 29.5 Å². The third-order valence-electron chi connectivity index (χ3n) is 4.63. The lowest BCUT2D eigenvalue weighted by Crippen LogP contribution is -2.43. The van der Waals surface area contributed by atoms with Gasteiger partial charge in [0.2, 0.25) is 0 Å². The summed E-state index contributed by atoms with van der Waals surface area (Å²) in [5.74, 6) is 0. The van der Waals surface area contributed by atoms with Crippen molar-refractivity contribution in [1.82, 2.24) is 14.9 Å². The van der Waals surface area contributed by atoms with Crippen molar-refractivity contribution in [3.05, 3.63) is 48.5 Å². The SMILES string of the molecule is CC(c1ccc(-c2cncnc2)cc1)N1CCC(CCCO)OC1=O. The summed E-state index contributed by atoms with van der Waals surface area (Å²) in [6.45, 7) is 2.81. The summed E-state index contributed by atoms with van der Waals surface area (Å²) >= 11 is 0. The van der Waals surface area contributed by atoms with Crippen LogP contribution in [0.5, 0.6) is 0 Å². The molecule has 1 aromatic heterocycles. The summed E-state index contributed by atoms with van der Waals surface area (Å²) < 4.78 is 5.50. The van der Waals surface area contributed by atoms with Crippen molar-refractivity contribution < 1.29 is 14.6 Å². The maximum atomic E-state index is 12.3. The van der Waals surface area contributed by atoms with E-state index in [1.165, 1.54) is 6.33 Å². The fourth-order valence-corrected chi connectivity index (χ4v) is 3.10. The molecule has 0 aliphatic carbocycles. The van der Waals surface area contributed by atoms with E-state index in [1.807, 2.05) is 31.2 Å². The molecule has 0 saturated carbocycles. The summed E-state index contributed by atoms with van der Waals surface area (Å²) in [6.07, 6.45) is 6.90. The molecule has 25 heavy (non-hydrogen) atoms. The molecule has 6 nitrogen and oxygen atoms in total. The fourth-order valence-electron chi connectivity index (χ4n) is 3.10. The Labute approximate surface area is 147 Å². The van der Waals surface area contributed by atoms with Crippen LogP contribution in [0.25, 0.3) is 11.1 Å². The first-order chi connectivity index (χ1) is 12.2. The van der Waals surface area contributed by atoms with E-state index in [-0.39, 0.29) is 24.8 Å². The Balaban J connectivity index is 1.65. The van der Waals surface area contributed by atoms with Gasteiger partial charge in [0, 0.05) is 37.5 Å². The molecule has 1 aromatic carbocycles. The summed E-state index contributed by atoms with van der Waals surface area (Å²) in [5.41, 5.74) is 3.07. The number of benzene rings is 1. The number of cyclic esters (lactones) is 1. The highest BCUT2D eigenvalue weighted by Gasteiger charge is 2.30. The average molecular weight is 341 g/mol. The second kappa shape index (κ2) is 8.07. The number of carbonyl (C=O) groups is 1. The first-order valence-electron chi connectivity index (χ1n) is 8.62. The van der Waals surface area contributed by atoms with Gasteiger partial charge in [0.15, 0.2) is 0 Å². The van der Waals surface area contributed by atoms with Gasteiger partial charge in [0.05, 0.1) is 6.04 Å². The van der Waals surface area contributed by atoms with Crippen LogP contribution in [0.1, 0.15) is 37.8 Å². The smallest absolute Gasteiger partial charge is 0.410 e. The number of rotatable bonds is 6. The normalized spacial score (nSPS) is 18.7. The van der Waals surface area contributed by atoms with Crippen molar-refractivity contribution >= 4 is 6.09 Å². The molecule has 0 radical (unpaired) electrons. The number of nitrogens with zero attached hydrogens (tertiary/aromatic N) is 3. The van der Waals surface area contributed by atoms with Gasteiger partial charge in [-0.1, -0.05) is 24.3 Å². The van der Waals surface area contributed by atoms with Crippen molar-refractivity contribution in [3.63, 3.8) is 0 Å². The molecule has 1 fully saturated rings. The highest BCUT2D eigenvalue weighted by atomic mass is 16.6. The van der Waals surface area contributed by atoms with Gasteiger partial charge in [-0.2, -0.15) is 0 Å². The Morgan fingerprint density at radius 2 is 1.96 bits per heavy atom. The van der Waals surface area contributed by atoms with E-state index >= 15 is 0 Å². The van der Waals surface area contributed by atoms with E-state index in [4.69, 9.17) is 9.84 Å². The third-order valence-corrected chi connectivity index (χ3v) is 4.63. The van der Waals surface area contributed by atoms with E-state index in [2.05, 4.69) is 9.97 Å². The Kier molecular flexibility index (Phi) is 5.60. The Morgan fingerprint density at radius 3 is 2.60 bits per heavy atom. The number of hydrogen-bond acceptors (Lipinski definition) is 5. The van der Waals surface area contributed by atoms with Gasteiger partial charge >= 0.3 is 6.09 Å². The Morgan fingerprint density at radius 1 is 1.24 bits per heavy atom. The molecule has 6 heteroatoms. The molecule has 132 valence electrons. The van der Waals surface area contributed by atoms with Crippen LogP contribution in [0, 0.1) is 0 Å². The molecule has 0 spiro atoms. The van der Waals surface area contributed by atoms with Crippen LogP contribution in [0.4, 0.5) is 4.79 Å². The number of aliphatic hydroxyl groups is 1. The number of carbonyl (C=O) groups excluding carboxylic acids is 1. The first-order valence-corrected chi connectivity index (χ1v) is 8.62.